The van der Waals surface area contributed by atoms with Crippen LogP contribution in [0.2, 0.25) is 10.0 Å². The Kier molecular flexibility index (Phi) is 6.06. The summed E-state index contributed by atoms with van der Waals surface area (Å²) in [7, 11) is 0. The molecule has 0 bridgehead atoms. The van der Waals surface area contributed by atoms with Gasteiger partial charge in [-0.3, -0.25) is 14.2 Å². The standard InChI is InChI=1S/C22H19Cl2N5O2/c1-14-3-2-4-15(9-14)12-28-13-26-20-18(22(28)31)11-27-29(20)8-7-25-21(30)17-6-5-16(23)10-19(17)24/h2-6,9-11,13H,7-8,12H2,1H3,(H,25,30). The van der Waals surface area contributed by atoms with Crippen LogP contribution in [0.25, 0.3) is 11.0 Å². The van der Waals surface area contributed by atoms with Gasteiger partial charge in [-0.1, -0.05) is 53.0 Å². The molecule has 0 aliphatic heterocycles. The van der Waals surface area contributed by atoms with E-state index in [4.69, 9.17) is 23.2 Å². The molecule has 0 saturated carbocycles. The summed E-state index contributed by atoms with van der Waals surface area (Å²) in [6.07, 6.45) is 3.03. The first kappa shape index (κ1) is 21.1. The second-order valence-corrected chi connectivity index (χ2v) is 8.00. The number of nitrogens with one attached hydrogen (secondary N) is 1. The van der Waals surface area contributed by atoms with Crippen LogP contribution in [-0.4, -0.2) is 31.8 Å². The van der Waals surface area contributed by atoms with Gasteiger partial charge in [0.1, 0.15) is 11.7 Å². The largest absolute Gasteiger partial charge is 0.350 e. The van der Waals surface area contributed by atoms with E-state index in [2.05, 4.69) is 15.4 Å². The van der Waals surface area contributed by atoms with Crippen LogP contribution in [0, 0.1) is 6.92 Å². The van der Waals surface area contributed by atoms with Crippen molar-refractivity contribution in [3.05, 3.63) is 92.1 Å². The Morgan fingerprint density at radius 3 is 2.77 bits per heavy atom. The Labute approximate surface area is 188 Å². The number of hydrogen-bond donors (Lipinski definition) is 1. The normalized spacial score (nSPS) is 11.1. The van der Waals surface area contributed by atoms with Crippen molar-refractivity contribution in [1.82, 2.24) is 24.6 Å². The van der Waals surface area contributed by atoms with E-state index in [0.29, 0.717) is 41.3 Å². The van der Waals surface area contributed by atoms with Gasteiger partial charge in [-0.25, -0.2) is 9.67 Å². The number of benzene rings is 2. The van der Waals surface area contributed by atoms with Crippen LogP contribution in [0.4, 0.5) is 0 Å². The minimum Gasteiger partial charge on any atom is -0.350 e. The minimum absolute atomic E-state index is 0.158. The molecule has 2 heterocycles. The fourth-order valence-corrected chi connectivity index (χ4v) is 3.82. The lowest BCUT2D eigenvalue weighted by Gasteiger charge is -2.09. The molecule has 1 N–H and O–H groups in total. The molecular formula is C22H19Cl2N5O2. The van der Waals surface area contributed by atoms with E-state index in [1.807, 2.05) is 31.2 Å². The van der Waals surface area contributed by atoms with Gasteiger partial charge in [0, 0.05) is 11.6 Å². The first-order valence-electron chi connectivity index (χ1n) is 9.62. The summed E-state index contributed by atoms with van der Waals surface area (Å²) < 4.78 is 3.16. The number of amides is 1. The third-order valence-corrected chi connectivity index (χ3v) is 5.39. The summed E-state index contributed by atoms with van der Waals surface area (Å²) in [5.41, 5.74) is 2.82. The number of hydrogen-bond acceptors (Lipinski definition) is 4. The molecule has 31 heavy (non-hydrogen) atoms. The van der Waals surface area contributed by atoms with Crippen molar-refractivity contribution in [2.24, 2.45) is 0 Å². The van der Waals surface area contributed by atoms with Crippen LogP contribution in [0.3, 0.4) is 0 Å². The minimum atomic E-state index is -0.313. The number of aryl methyl sites for hydroxylation is 1. The van der Waals surface area contributed by atoms with Crippen LogP contribution in [0.1, 0.15) is 21.5 Å². The zero-order chi connectivity index (χ0) is 22.0. The van der Waals surface area contributed by atoms with Gasteiger partial charge in [0.15, 0.2) is 5.65 Å². The fourth-order valence-electron chi connectivity index (χ4n) is 3.33. The lowest BCUT2D eigenvalue weighted by molar-refractivity contribution is 0.0952. The highest BCUT2D eigenvalue weighted by atomic mass is 35.5. The zero-order valence-electron chi connectivity index (χ0n) is 16.7. The van der Waals surface area contributed by atoms with Crippen molar-refractivity contribution in [3.8, 4) is 0 Å². The van der Waals surface area contributed by atoms with Crippen LogP contribution in [-0.2, 0) is 13.1 Å². The summed E-state index contributed by atoms with van der Waals surface area (Å²) in [6.45, 7) is 3.10. The molecular weight excluding hydrogens is 437 g/mol. The molecule has 158 valence electrons. The maximum Gasteiger partial charge on any atom is 0.264 e. The van der Waals surface area contributed by atoms with Crippen LogP contribution < -0.4 is 10.9 Å². The molecule has 0 unspecified atom stereocenters. The van der Waals surface area contributed by atoms with Crippen LogP contribution >= 0.6 is 23.2 Å². The molecule has 2 aromatic heterocycles. The number of rotatable bonds is 6. The van der Waals surface area contributed by atoms with E-state index < -0.39 is 0 Å². The van der Waals surface area contributed by atoms with Crippen molar-refractivity contribution >= 4 is 40.1 Å². The lowest BCUT2D eigenvalue weighted by atomic mass is 10.1. The SMILES string of the molecule is Cc1cccc(Cn2cnc3c(cnn3CCNC(=O)c3ccc(Cl)cc3Cl)c2=O)c1. The van der Waals surface area contributed by atoms with Crippen molar-refractivity contribution < 1.29 is 4.79 Å². The highest BCUT2D eigenvalue weighted by Crippen LogP contribution is 2.20. The Morgan fingerprint density at radius 1 is 1.16 bits per heavy atom. The van der Waals surface area contributed by atoms with Crippen LogP contribution in [0.5, 0.6) is 0 Å². The third kappa shape index (κ3) is 4.62. The molecule has 0 radical (unpaired) electrons. The maximum absolute atomic E-state index is 12.8. The van der Waals surface area contributed by atoms with E-state index in [0.717, 1.165) is 11.1 Å². The summed E-state index contributed by atoms with van der Waals surface area (Å²) >= 11 is 11.9. The Bertz CT molecular complexity index is 1330. The quantitative estimate of drug-likeness (QED) is 0.480. The molecule has 0 atom stereocenters. The molecule has 0 spiro atoms. The first-order chi connectivity index (χ1) is 14.9. The molecule has 2 aromatic carbocycles. The summed E-state index contributed by atoms with van der Waals surface area (Å²) in [5.74, 6) is -0.313. The number of fused-ring (bicyclic) bond motifs is 1. The van der Waals surface area contributed by atoms with E-state index in [1.165, 1.54) is 18.6 Å². The summed E-state index contributed by atoms with van der Waals surface area (Å²) in [6, 6.07) is 12.7. The zero-order valence-corrected chi connectivity index (χ0v) is 18.2. The molecule has 9 heteroatoms. The molecule has 0 aliphatic rings. The Hall–Kier alpha value is -3.16. The number of aromatic nitrogens is 4. The van der Waals surface area contributed by atoms with E-state index in [-0.39, 0.29) is 16.5 Å². The molecule has 7 nitrogen and oxygen atoms in total. The number of nitrogens with zero attached hydrogens (tertiary/aromatic N) is 4. The monoisotopic (exact) mass is 455 g/mol. The Balaban J connectivity index is 1.46. The predicted molar refractivity (Wildman–Crippen MR) is 121 cm³/mol. The molecule has 0 aliphatic carbocycles. The molecule has 4 rings (SSSR count). The molecule has 0 saturated heterocycles. The van der Waals surface area contributed by atoms with Gasteiger partial charge in [-0.05, 0) is 30.7 Å². The highest BCUT2D eigenvalue weighted by Gasteiger charge is 2.13. The predicted octanol–water partition coefficient (Wildman–Crippen LogP) is 3.69. The number of carbonyl (C=O) groups is 1. The Morgan fingerprint density at radius 2 is 2.00 bits per heavy atom. The van der Waals surface area contributed by atoms with Gasteiger partial charge in [-0.2, -0.15) is 5.10 Å². The lowest BCUT2D eigenvalue weighted by Crippen LogP contribution is -2.28. The maximum atomic E-state index is 12.8. The number of carbonyl (C=O) groups excluding carboxylic acids is 1. The second kappa shape index (κ2) is 8.91. The average Bonchev–Trinajstić information content (AvgIpc) is 3.14. The fraction of sp³-hybridized carbons (Fsp3) is 0.182. The van der Waals surface area contributed by atoms with Crippen molar-refractivity contribution in [2.75, 3.05) is 6.54 Å². The smallest absolute Gasteiger partial charge is 0.264 e. The number of halogens is 2. The van der Waals surface area contributed by atoms with E-state index in [1.54, 1.807) is 21.4 Å². The van der Waals surface area contributed by atoms with Gasteiger partial charge in [0.25, 0.3) is 11.5 Å². The van der Waals surface area contributed by atoms with Crippen LogP contribution in [0.15, 0.2) is 59.8 Å². The van der Waals surface area contributed by atoms with E-state index in [9.17, 15) is 9.59 Å². The average molecular weight is 456 g/mol. The highest BCUT2D eigenvalue weighted by molar-refractivity contribution is 6.36. The molecule has 0 fully saturated rings. The van der Waals surface area contributed by atoms with Crippen molar-refractivity contribution in [3.63, 3.8) is 0 Å². The van der Waals surface area contributed by atoms with Gasteiger partial charge >= 0.3 is 0 Å². The van der Waals surface area contributed by atoms with Gasteiger partial charge in [0.2, 0.25) is 0 Å². The summed E-state index contributed by atoms with van der Waals surface area (Å²) in [5, 5.41) is 8.23. The molecule has 1 amide bonds. The second-order valence-electron chi connectivity index (χ2n) is 7.15. The summed E-state index contributed by atoms with van der Waals surface area (Å²) in [4.78, 5) is 29.6. The topological polar surface area (TPSA) is 81.8 Å². The van der Waals surface area contributed by atoms with Crippen molar-refractivity contribution in [2.45, 2.75) is 20.0 Å². The molecule has 4 aromatic rings. The van der Waals surface area contributed by atoms with Gasteiger partial charge in [-0.15, -0.1) is 0 Å². The van der Waals surface area contributed by atoms with Crippen molar-refractivity contribution in [1.29, 1.82) is 0 Å². The van der Waals surface area contributed by atoms with Gasteiger partial charge < -0.3 is 5.32 Å². The third-order valence-electron chi connectivity index (χ3n) is 4.84. The van der Waals surface area contributed by atoms with Gasteiger partial charge in [0.05, 0.1) is 29.9 Å². The van der Waals surface area contributed by atoms with E-state index >= 15 is 0 Å². The first-order valence-corrected chi connectivity index (χ1v) is 10.4.